The van der Waals surface area contributed by atoms with Crippen LogP contribution in [-0.4, -0.2) is 9.97 Å². The maximum atomic E-state index is 7.87. The zero-order chi connectivity index (χ0) is 32.8. The van der Waals surface area contributed by atoms with Crippen molar-refractivity contribution in [3.63, 3.8) is 0 Å². The minimum atomic E-state index is -2.61. The van der Waals surface area contributed by atoms with E-state index in [1.54, 1.807) is 12.3 Å². The molecule has 0 saturated heterocycles. The summed E-state index contributed by atoms with van der Waals surface area (Å²) in [5.41, 5.74) is 3.47. The molecule has 0 spiro atoms. The summed E-state index contributed by atoms with van der Waals surface area (Å²) in [6.07, 6.45) is 2.91. The van der Waals surface area contributed by atoms with Gasteiger partial charge in [-0.1, -0.05) is 71.1 Å². The number of hydrogen-bond acceptors (Lipinski definition) is 3. The molecule has 205 valence electrons. The number of pyridine rings is 2. The van der Waals surface area contributed by atoms with Crippen LogP contribution in [0.15, 0.2) is 126 Å². The summed E-state index contributed by atoms with van der Waals surface area (Å²) in [6.45, 7) is -5.20. The van der Waals surface area contributed by atoms with Gasteiger partial charge >= 0.3 is 0 Å². The van der Waals surface area contributed by atoms with Crippen molar-refractivity contribution in [3.8, 4) is 22.5 Å². The molecule has 0 bridgehead atoms. The van der Waals surface area contributed by atoms with Crippen LogP contribution in [0.5, 0.6) is 0 Å². The van der Waals surface area contributed by atoms with Gasteiger partial charge in [-0.25, -0.2) is 0 Å². The number of fused-ring (bicyclic) bond motifs is 6. The molecule has 0 amide bonds. The van der Waals surface area contributed by atoms with Crippen LogP contribution in [0.3, 0.4) is 0 Å². The smallest absolute Gasteiger partial charge is 0.121 e. The second kappa shape index (κ2) is 11.7. The van der Waals surface area contributed by atoms with Crippen LogP contribution in [0.4, 0.5) is 0 Å². The Morgan fingerprint density at radius 2 is 1.50 bits per heavy atom. The fourth-order valence-electron chi connectivity index (χ4n) is 5.10. The van der Waals surface area contributed by atoms with Crippen molar-refractivity contribution >= 4 is 43.5 Å². The van der Waals surface area contributed by atoms with Crippen molar-refractivity contribution < 1.29 is 32.7 Å². The summed E-state index contributed by atoms with van der Waals surface area (Å²) in [6, 6.07) is 41.4. The first-order valence-electron chi connectivity index (χ1n) is 16.2. The number of nitrogens with zero attached hydrogens (tertiary/aromatic N) is 2. The van der Waals surface area contributed by atoms with Gasteiger partial charge in [0.2, 0.25) is 0 Å². The normalized spacial score (nSPS) is 13.6. The third-order valence-electron chi connectivity index (χ3n) is 7.11. The molecule has 0 saturated carbocycles. The molecule has 8 rings (SSSR count). The monoisotopic (exact) mass is 725 g/mol. The number of hydrogen-bond donors (Lipinski definition) is 0. The van der Waals surface area contributed by atoms with E-state index >= 15 is 0 Å². The Balaban J connectivity index is 0.000000260. The third-order valence-corrected chi connectivity index (χ3v) is 7.11. The predicted molar refractivity (Wildman–Crippen MR) is 169 cm³/mol. The van der Waals surface area contributed by atoms with Crippen molar-refractivity contribution in [2.75, 3.05) is 0 Å². The van der Waals surface area contributed by atoms with Crippen molar-refractivity contribution in [1.29, 1.82) is 0 Å². The second-order valence-corrected chi connectivity index (χ2v) is 9.66. The van der Waals surface area contributed by atoms with E-state index in [2.05, 4.69) is 52.4 Å². The van der Waals surface area contributed by atoms with E-state index in [1.807, 2.05) is 66.7 Å². The Bertz CT molecular complexity index is 2350. The zero-order valence-corrected chi connectivity index (χ0v) is 24.6. The molecule has 5 aromatic carbocycles. The second-order valence-electron chi connectivity index (χ2n) is 9.66. The average Bonchev–Trinajstić information content (AvgIpc) is 3.45. The summed E-state index contributed by atoms with van der Waals surface area (Å²) in [4.78, 5) is 8.52. The number of aryl methyl sites for hydroxylation is 2. The molecule has 0 atom stereocenters. The topological polar surface area (TPSA) is 38.9 Å². The van der Waals surface area contributed by atoms with Gasteiger partial charge in [-0.15, -0.1) is 54.1 Å². The molecule has 3 nitrogen and oxygen atoms in total. The number of benzene rings is 5. The van der Waals surface area contributed by atoms with E-state index in [9.17, 15) is 0 Å². The summed E-state index contributed by atoms with van der Waals surface area (Å²) in [5.74, 6) is 0. The van der Waals surface area contributed by atoms with Crippen LogP contribution < -0.4 is 0 Å². The van der Waals surface area contributed by atoms with E-state index in [4.69, 9.17) is 12.6 Å². The van der Waals surface area contributed by atoms with E-state index in [0.717, 1.165) is 49.8 Å². The van der Waals surface area contributed by atoms with E-state index in [0.29, 0.717) is 22.4 Å². The van der Waals surface area contributed by atoms with Gasteiger partial charge in [0, 0.05) is 46.1 Å². The number of aromatic nitrogens is 2. The Kier molecular flexibility index (Phi) is 5.88. The number of rotatable bonds is 2. The predicted octanol–water partition coefficient (Wildman–Crippen LogP) is 9.92. The van der Waals surface area contributed by atoms with E-state index in [-0.39, 0.29) is 31.2 Å². The fraction of sp³-hybridized carbons (Fsp3) is 0.0526. The van der Waals surface area contributed by atoms with Gasteiger partial charge in [-0.05, 0) is 70.4 Å². The fourth-order valence-corrected chi connectivity index (χ4v) is 5.10. The standard InChI is InChI=1S/C27H18NO.C11H8N.Ir/c1-16-12-25(28-15-17(16)2)22-9-5-8-21-24-13-19-11-10-18-6-3-4-7-20(18)23(19)14-26(24)29-27(21)22;1-2-6-10(7-3-1)11-8-4-5-9-12-11;/h3-8,10-15H,1-2H3;1-6,8-9H;/q2*-1;/i1D3,2D3;;. The van der Waals surface area contributed by atoms with Crippen LogP contribution in [0.25, 0.3) is 66.0 Å². The molecule has 0 aliphatic carbocycles. The molecule has 42 heavy (non-hydrogen) atoms. The third kappa shape index (κ3) is 5.12. The maximum absolute atomic E-state index is 7.87. The maximum Gasteiger partial charge on any atom is 0.121 e. The molecule has 1 radical (unpaired) electrons. The van der Waals surface area contributed by atoms with E-state index in [1.165, 1.54) is 6.07 Å². The molecule has 0 aliphatic heterocycles. The van der Waals surface area contributed by atoms with Gasteiger partial charge in [0.15, 0.2) is 0 Å². The van der Waals surface area contributed by atoms with E-state index < -0.39 is 13.7 Å². The van der Waals surface area contributed by atoms with Crippen molar-refractivity contribution in [1.82, 2.24) is 9.97 Å². The Morgan fingerprint density at radius 1 is 0.643 bits per heavy atom. The minimum Gasteiger partial charge on any atom is -0.501 e. The quantitative estimate of drug-likeness (QED) is 0.132. The van der Waals surface area contributed by atoms with Crippen LogP contribution in [-0.2, 0) is 20.1 Å². The first-order valence-corrected chi connectivity index (χ1v) is 13.2. The van der Waals surface area contributed by atoms with Crippen molar-refractivity contribution in [2.45, 2.75) is 13.7 Å². The van der Waals surface area contributed by atoms with Gasteiger partial charge in [0.25, 0.3) is 0 Å². The minimum absolute atomic E-state index is 0. The molecule has 8 aromatic rings. The zero-order valence-electron chi connectivity index (χ0n) is 28.2. The van der Waals surface area contributed by atoms with Crippen molar-refractivity contribution in [2.24, 2.45) is 0 Å². The number of furan rings is 1. The SMILES string of the molecule is [2H]C([2H])([2H])c1cnc(-c2[c-]ccc3c2oc2cc4c(ccc5ccccc54)cc23)cc1C([2H])([2H])[2H].[Ir].[c-]1ccccc1-c1ccccn1. The van der Waals surface area contributed by atoms with Crippen LogP contribution in [0.1, 0.15) is 19.4 Å². The van der Waals surface area contributed by atoms with Crippen LogP contribution >= 0.6 is 0 Å². The van der Waals surface area contributed by atoms with Crippen molar-refractivity contribution in [3.05, 3.63) is 145 Å². The molecular formula is C38H26IrN2O-2. The summed E-state index contributed by atoms with van der Waals surface area (Å²) in [7, 11) is 0. The first kappa shape index (κ1) is 21.1. The molecule has 4 heteroatoms. The molecular weight excluding hydrogens is 693 g/mol. The molecule has 0 N–H and O–H groups in total. The van der Waals surface area contributed by atoms with Crippen LogP contribution in [0.2, 0.25) is 0 Å². The Labute approximate surface area is 266 Å². The van der Waals surface area contributed by atoms with Gasteiger partial charge in [-0.3, -0.25) is 0 Å². The average molecular weight is 725 g/mol. The molecule has 0 fully saturated rings. The van der Waals surface area contributed by atoms with Gasteiger partial charge in [0.1, 0.15) is 5.58 Å². The molecule has 3 heterocycles. The molecule has 3 aromatic heterocycles. The first-order chi connectivity index (χ1) is 22.6. The van der Waals surface area contributed by atoms with Gasteiger partial charge < -0.3 is 14.4 Å². The Morgan fingerprint density at radius 3 is 2.33 bits per heavy atom. The molecule has 0 unspecified atom stereocenters. The largest absolute Gasteiger partial charge is 0.501 e. The molecule has 0 aliphatic rings. The van der Waals surface area contributed by atoms with Gasteiger partial charge in [-0.2, -0.15) is 0 Å². The van der Waals surface area contributed by atoms with Gasteiger partial charge in [0.05, 0.1) is 5.58 Å². The van der Waals surface area contributed by atoms with Crippen LogP contribution in [0, 0.1) is 25.8 Å². The Hall–Kier alpha value is -4.63. The summed E-state index contributed by atoms with van der Waals surface area (Å²) in [5, 5.41) is 6.20. The summed E-state index contributed by atoms with van der Waals surface area (Å²) < 4.78 is 53.1. The summed E-state index contributed by atoms with van der Waals surface area (Å²) >= 11 is 0.